The minimum absolute atomic E-state index is 0.238. The van der Waals surface area contributed by atoms with Gasteiger partial charge in [-0.1, -0.05) is 11.6 Å². The Balaban J connectivity index is 3.27. The normalized spacial score (nSPS) is 10.6. The largest absolute Gasteiger partial charge is 0.478 e. The van der Waals surface area contributed by atoms with E-state index in [0.29, 0.717) is 16.3 Å². The average Bonchev–Trinajstić information content (AvgIpc) is 2.17. The molecule has 1 aromatic rings. The maximum Gasteiger partial charge on any atom is 0.337 e. The lowest BCUT2D eigenvalue weighted by Gasteiger charge is -2.28. The van der Waals surface area contributed by atoms with Crippen LogP contribution in [0.25, 0.3) is 0 Å². The average molecular weight is 242 g/mol. The highest BCUT2D eigenvalue weighted by molar-refractivity contribution is 6.31. The number of rotatable bonds is 4. The van der Waals surface area contributed by atoms with Crippen molar-refractivity contribution in [3.63, 3.8) is 0 Å². The van der Waals surface area contributed by atoms with Crippen LogP contribution in [0.4, 0.5) is 5.69 Å². The summed E-state index contributed by atoms with van der Waals surface area (Å²) in [7, 11) is 0. The van der Waals surface area contributed by atoms with Crippen molar-refractivity contribution < 1.29 is 9.90 Å². The summed E-state index contributed by atoms with van der Waals surface area (Å²) in [5.41, 5.74) is 0.970. The Morgan fingerprint density at radius 3 is 2.56 bits per heavy atom. The summed E-state index contributed by atoms with van der Waals surface area (Å²) in [4.78, 5) is 13.1. The van der Waals surface area contributed by atoms with Gasteiger partial charge in [0.1, 0.15) is 0 Å². The maximum absolute atomic E-state index is 11.1. The number of nitrogens with zero attached hydrogens (tertiary/aromatic N) is 1. The number of anilines is 1. The number of hydrogen-bond acceptors (Lipinski definition) is 2. The molecule has 0 saturated carbocycles. The maximum atomic E-state index is 11.1. The first kappa shape index (κ1) is 12.8. The molecule has 4 heteroatoms. The third kappa shape index (κ3) is 2.67. The Morgan fingerprint density at radius 1 is 1.50 bits per heavy atom. The fourth-order valence-corrected chi connectivity index (χ4v) is 1.90. The first-order chi connectivity index (χ1) is 7.47. The molecule has 0 saturated heterocycles. The van der Waals surface area contributed by atoms with E-state index in [1.807, 2.05) is 25.7 Å². The zero-order valence-electron chi connectivity index (χ0n) is 9.70. The van der Waals surface area contributed by atoms with Crippen molar-refractivity contribution in [2.45, 2.75) is 26.8 Å². The molecule has 0 spiro atoms. The van der Waals surface area contributed by atoms with Crippen LogP contribution >= 0.6 is 11.6 Å². The molecular formula is C12H16ClNO2. The number of halogens is 1. The van der Waals surface area contributed by atoms with Gasteiger partial charge in [0.2, 0.25) is 0 Å². The minimum Gasteiger partial charge on any atom is -0.478 e. The predicted molar refractivity (Wildman–Crippen MR) is 66.6 cm³/mol. The Morgan fingerprint density at radius 2 is 2.12 bits per heavy atom. The van der Waals surface area contributed by atoms with Gasteiger partial charge in [-0.15, -0.1) is 0 Å². The van der Waals surface area contributed by atoms with E-state index in [2.05, 4.69) is 0 Å². The van der Waals surface area contributed by atoms with Crippen LogP contribution in [0.1, 0.15) is 31.1 Å². The smallest absolute Gasteiger partial charge is 0.337 e. The van der Waals surface area contributed by atoms with Gasteiger partial charge in [-0.05, 0) is 39.0 Å². The van der Waals surface area contributed by atoms with Gasteiger partial charge in [-0.3, -0.25) is 0 Å². The van der Waals surface area contributed by atoms with Gasteiger partial charge in [0.25, 0.3) is 0 Å². The van der Waals surface area contributed by atoms with E-state index >= 15 is 0 Å². The number of carboxylic acid groups (broad SMARTS) is 1. The van der Waals surface area contributed by atoms with Crippen LogP contribution in [0, 0.1) is 0 Å². The Bertz CT molecular complexity index is 391. The van der Waals surface area contributed by atoms with Crippen LogP contribution in [0.3, 0.4) is 0 Å². The molecule has 0 unspecified atom stereocenters. The highest BCUT2D eigenvalue weighted by atomic mass is 35.5. The molecule has 0 aliphatic carbocycles. The molecule has 0 fully saturated rings. The molecule has 0 aromatic heterocycles. The van der Waals surface area contributed by atoms with E-state index < -0.39 is 5.97 Å². The number of carboxylic acids is 1. The molecular weight excluding hydrogens is 226 g/mol. The summed E-state index contributed by atoms with van der Waals surface area (Å²) < 4.78 is 0. The van der Waals surface area contributed by atoms with Crippen molar-refractivity contribution in [3.05, 3.63) is 28.8 Å². The molecule has 3 nitrogen and oxygen atoms in total. The molecule has 1 aromatic carbocycles. The van der Waals surface area contributed by atoms with E-state index in [9.17, 15) is 4.79 Å². The lowest BCUT2D eigenvalue weighted by molar-refractivity contribution is 0.0697. The van der Waals surface area contributed by atoms with Gasteiger partial charge in [0.05, 0.1) is 11.3 Å². The number of aromatic carboxylic acids is 1. The van der Waals surface area contributed by atoms with Gasteiger partial charge < -0.3 is 10.0 Å². The highest BCUT2D eigenvalue weighted by Gasteiger charge is 2.17. The Kier molecular flexibility index (Phi) is 4.19. The highest BCUT2D eigenvalue weighted by Crippen LogP contribution is 2.26. The molecule has 0 aliphatic heterocycles. The summed E-state index contributed by atoms with van der Waals surface area (Å²) in [6.07, 6.45) is 0. The molecule has 0 aliphatic rings. The van der Waals surface area contributed by atoms with Crippen LogP contribution in [0.5, 0.6) is 0 Å². The van der Waals surface area contributed by atoms with Crippen LogP contribution in [-0.2, 0) is 0 Å². The Hall–Kier alpha value is -1.22. The molecule has 0 radical (unpaired) electrons. The summed E-state index contributed by atoms with van der Waals surface area (Å²) in [6, 6.07) is 5.09. The second kappa shape index (κ2) is 5.21. The summed E-state index contributed by atoms with van der Waals surface area (Å²) in [5, 5.41) is 9.67. The topological polar surface area (TPSA) is 40.5 Å². The number of carbonyl (C=O) groups is 1. The van der Waals surface area contributed by atoms with E-state index in [4.69, 9.17) is 16.7 Å². The van der Waals surface area contributed by atoms with E-state index in [1.165, 1.54) is 0 Å². The molecule has 16 heavy (non-hydrogen) atoms. The molecule has 88 valence electrons. The molecule has 0 amide bonds. The van der Waals surface area contributed by atoms with Gasteiger partial charge in [-0.25, -0.2) is 4.79 Å². The Labute approximate surface area is 101 Å². The van der Waals surface area contributed by atoms with Crippen molar-refractivity contribution in [2.24, 2.45) is 0 Å². The van der Waals surface area contributed by atoms with Crippen molar-refractivity contribution in [3.8, 4) is 0 Å². The molecule has 0 bridgehead atoms. The van der Waals surface area contributed by atoms with E-state index in [1.54, 1.807) is 18.2 Å². The zero-order valence-corrected chi connectivity index (χ0v) is 10.5. The molecule has 0 heterocycles. The molecule has 1 rings (SSSR count). The van der Waals surface area contributed by atoms with Crippen LogP contribution in [0.2, 0.25) is 5.02 Å². The van der Waals surface area contributed by atoms with Gasteiger partial charge in [0, 0.05) is 17.6 Å². The monoisotopic (exact) mass is 241 g/mol. The minimum atomic E-state index is -0.925. The zero-order chi connectivity index (χ0) is 12.3. The third-order valence-corrected chi connectivity index (χ3v) is 2.70. The van der Waals surface area contributed by atoms with E-state index in [-0.39, 0.29) is 6.04 Å². The van der Waals surface area contributed by atoms with Gasteiger partial charge >= 0.3 is 5.97 Å². The summed E-state index contributed by atoms with van der Waals surface area (Å²) >= 11 is 5.91. The second-order valence-corrected chi connectivity index (χ2v) is 4.28. The SMILES string of the molecule is CCN(c1cc(Cl)ccc1C(=O)O)C(C)C. The lowest BCUT2D eigenvalue weighted by atomic mass is 10.1. The van der Waals surface area contributed by atoms with Crippen LogP contribution < -0.4 is 4.90 Å². The fourth-order valence-electron chi connectivity index (χ4n) is 1.74. The number of benzene rings is 1. The molecule has 0 atom stereocenters. The standard InChI is InChI=1S/C12H16ClNO2/c1-4-14(8(2)3)11-7-9(13)5-6-10(11)12(15)16/h5-8H,4H2,1-3H3,(H,15,16). The van der Waals surface area contributed by atoms with Crippen LogP contribution in [0.15, 0.2) is 18.2 Å². The van der Waals surface area contributed by atoms with Crippen molar-refractivity contribution in [1.82, 2.24) is 0 Å². The summed E-state index contributed by atoms with van der Waals surface area (Å²) in [6.45, 7) is 6.79. The van der Waals surface area contributed by atoms with Crippen molar-refractivity contribution >= 4 is 23.3 Å². The first-order valence-electron chi connectivity index (χ1n) is 5.26. The number of hydrogen-bond donors (Lipinski definition) is 1. The van der Waals surface area contributed by atoms with Gasteiger partial charge in [0.15, 0.2) is 0 Å². The predicted octanol–water partition coefficient (Wildman–Crippen LogP) is 3.27. The fraction of sp³-hybridized carbons (Fsp3) is 0.417. The second-order valence-electron chi connectivity index (χ2n) is 3.85. The van der Waals surface area contributed by atoms with Gasteiger partial charge in [-0.2, -0.15) is 0 Å². The quantitative estimate of drug-likeness (QED) is 0.880. The third-order valence-electron chi connectivity index (χ3n) is 2.46. The molecule has 1 N–H and O–H groups in total. The summed E-state index contributed by atoms with van der Waals surface area (Å²) in [5.74, 6) is -0.925. The van der Waals surface area contributed by atoms with Crippen molar-refractivity contribution in [1.29, 1.82) is 0 Å². The lowest BCUT2D eigenvalue weighted by Crippen LogP contribution is -2.31. The van der Waals surface area contributed by atoms with Crippen molar-refractivity contribution in [2.75, 3.05) is 11.4 Å². The van der Waals surface area contributed by atoms with E-state index in [0.717, 1.165) is 6.54 Å². The van der Waals surface area contributed by atoms with Crippen LogP contribution in [-0.4, -0.2) is 23.7 Å². The first-order valence-corrected chi connectivity index (χ1v) is 5.64.